The lowest BCUT2D eigenvalue weighted by Crippen LogP contribution is -2.19. The van der Waals surface area contributed by atoms with Gasteiger partial charge in [-0.15, -0.1) is 0 Å². The summed E-state index contributed by atoms with van der Waals surface area (Å²) in [5.41, 5.74) is 11.5. The first-order chi connectivity index (χ1) is 11.3. The molecule has 1 aliphatic rings. The molecule has 0 saturated carbocycles. The van der Waals surface area contributed by atoms with Gasteiger partial charge in [0.2, 0.25) is 0 Å². The highest BCUT2D eigenvalue weighted by Gasteiger charge is 2.42. The van der Waals surface area contributed by atoms with Crippen LogP contribution in [-0.4, -0.2) is 6.04 Å². The van der Waals surface area contributed by atoms with E-state index in [4.69, 9.17) is 5.73 Å². The van der Waals surface area contributed by atoms with Gasteiger partial charge in [0.15, 0.2) is 0 Å². The Hall–Kier alpha value is -2.42. The van der Waals surface area contributed by atoms with Crippen molar-refractivity contribution in [1.29, 1.82) is 0 Å². The maximum atomic E-state index is 6.51. The first kappa shape index (κ1) is 14.2. The molecule has 0 bridgehead atoms. The van der Waals surface area contributed by atoms with E-state index in [-0.39, 0.29) is 6.04 Å². The van der Waals surface area contributed by atoms with E-state index in [0.29, 0.717) is 12.1 Å². The fraction of sp³-hybridized carbons (Fsp3) is 0.143. The number of hydrogen-bond donors (Lipinski definition) is 2. The second-order valence-electron chi connectivity index (χ2n) is 6.10. The van der Waals surface area contributed by atoms with Crippen LogP contribution in [0.5, 0.6) is 0 Å². The molecule has 1 heterocycles. The highest BCUT2D eigenvalue weighted by Crippen LogP contribution is 2.37. The van der Waals surface area contributed by atoms with Crippen LogP contribution in [0.2, 0.25) is 0 Å². The van der Waals surface area contributed by atoms with Crippen LogP contribution in [0.4, 0.5) is 0 Å². The molecule has 3 N–H and O–H groups in total. The molecule has 3 aromatic carbocycles. The van der Waals surface area contributed by atoms with Gasteiger partial charge >= 0.3 is 0 Å². The molecule has 1 aliphatic heterocycles. The lowest BCUT2D eigenvalue weighted by Gasteiger charge is -2.12. The van der Waals surface area contributed by atoms with E-state index in [1.165, 1.54) is 22.3 Å². The molecule has 0 aromatic heterocycles. The standard InChI is InChI=1S/C21H20N2/c22-19(21-20(23-21)16-10-5-2-6-11-16)18-13-7-12-17(14-18)15-8-3-1-4-9-15/h1-14,19-21,23H,22H2. The van der Waals surface area contributed by atoms with E-state index < -0.39 is 0 Å². The van der Waals surface area contributed by atoms with Crippen molar-refractivity contribution in [3.05, 3.63) is 96.1 Å². The summed E-state index contributed by atoms with van der Waals surface area (Å²) in [6, 6.07) is 30.2. The quantitative estimate of drug-likeness (QED) is 0.714. The van der Waals surface area contributed by atoms with Crippen LogP contribution in [0.25, 0.3) is 11.1 Å². The predicted octanol–water partition coefficient (Wildman–Crippen LogP) is 4.07. The summed E-state index contributed by atoms with van der Waals surface area (Å²) < 4.78 is 0. The average molecular weight is 300 g/mol. The summed E-state index contributed by atoms with van der Waals surface area (Å²) in [6.07, 6.45) is 0. The third-order valence-corrected chi connectivity index (χ3v) is 4.55. The Morgan fingerprint density at radius 1 is 0.739 bits per heavy atom. The van der Waals surface area contributed by atoms with Gasteiger partial charge in [-0.1, -0.05) is 78.9 Å². The average Bonchev–Trinajstić information content (AvgIpc) is 3.43. The maximum absolute atomic E-state index is 6.51. The molecule has 2 heteroatoms. The van der Waals surface area contributed by atoms with Gasteiger partial charge in [0.25, 0.3) is 0 Å². The zero-order valence-corrected chi connectivity index (χ0v) is 12.9. The third kappa shape index (κ3) is 2.91. The van der Waals surface area contributed by atoms with Gasteiger partial charge in [0.1, 0.15) is 0 Å². The summed E-state index contributed by atoms with van der Waals surface area (Å²) in [5, 5.41) is 3.52. The van der Waals surface area contributed by atoms with Crippen LogP contribution in [0.3, 0.4) is 0 Å². The van der Waals surface area contributed by atoms with E-state index in [1.54, 1.807) is 0 Å². The lowest BCUT2D eigenvalue weighted by molar-refractivity contribution is 0.691. The molecule has 0 amide bonds. The summed E-state index contributed by atoms with van der Waals surface area (Å²) in [4.78, 5) is 0. The summed E-state index contributed by atoms with van der Waals surface area (Å²) in [7, 11) is 0. The molecule has 4 rings (SSSR count). The second kappa shape index (κ2) is 5.99. The molecular weight excluding hydrogens is 280 g/mol. The van der Waals surface area contributed by atoms with Crippen LogP contribution in [-0.2, 0) is 0 Å². The molecule has 23 heavy (non-hydrogen) atoms. The molecule has 0 spiro atoms. The molecule has 2 nitrogen and oxygen atoms in total. The van der Waals surface area contributed by atoms with Crippen molar-refractivity contribution >= 4 is 0 Å². The molecule has 3 unspecified atom stereocenters. The Labute approximate surface area is 137 Å². The van der Waals surface area contributed by atoms with Crippen LogP contribution in [0, 0.1) is 0 Å². The maximum Gasteiger partial charge on any atom is 0.0498 e. The molecule has 114 valence electrons. The predicted molar refractivity (Wildman–Crippen MR) is 94.9 cm³/mol. The van der Waals surface area contributed by atoms with Crippen LogP contribution < -0.4 is 11.1 Å². The van der Waals surface area contributed by atoms with Crippen molar-refractivity contribution in [3.63, 3.8) is 0 Å². The summed E-state index contributed by atoms with van der Waals surface area (Å²) in [5.74, 6) is 0. The summed E-state index contributed by atoms with van der Waals surface area (Å²) in [6.45, 7) is 0. The molecular formula is C21H20N2. The molecule has 0 aliphatic carbocycles. The molecule has 1 saturated heterocycles. The Kier molecular flexibility index (Phi) is 3.70. The van der Waals surface area contributed by atoms with Crippen molar-refractivity contribution in [2.75, 3.05) is 0 Å². The third-order valence-electron chi connectivity index (χ3n) is 4.55. The summed E-state index contributed by atoms with van der Waals surface area (Å²) >= 11 is 0. The van der Waals surface area contributed by atoms with Gasteiger partial charge in [-0.3, -0.25) is 0 Å². The van der Waals surface area contributed by atoms with E-state index in [1.807, 2.05) is 12.1 Å². The van der Waals surface area contributed by atoms with Crippen molar-refractivity contribution in [3.8, 4) is 11.1 Å². The number of hydrogen-bond acceptors (Lipinski definition) is 2. The van der Waals surface area contributed by atoms with Gasteiger partial charge in [-0.25, -0.2) is 0 Å². The van der Waals surface area contributed by atoms with Crippen LogP contribution in [0.15, 0.2) is 84.9 Å². The molecule has 3 atom stereocenters. The highest BCUT2D eigenvalue weighted by atomic mass is 15.2. The van der Waals surface area contributed by atoms with E-state index in [0.717, 1.165) is 0 Å². The molecule has 1 fully saturated rings. The minimum Gasteiger partial charge on any atom is -0.323 e. The Bertz CT molecular complexity index is 783. The SMILES string of the molecule is NC(c1cccc(-c2ccccc2)c1)C1NC1c1ccccc1. The van der Waals surface area contributed by atoms with Crippen molar-refractivity contribution < 1.29 is 0 Å². The largest absolute Gasteiger partial charge is 0.323 e. The van der Waals surface area contributed by atoms with Crippen molar-refractivity contribution in [1.82, 2.24) is 5.32 Å². The highest BCUT2D eigenvalue weighted by molar-refractivity contribution is 5.64. The molecule has 0 radical (unpaired) electrons. The Morgan fingerprint density at radius 2 is 1.39 bits per heavy atom. The number of rotatable bonds is 4. The lowest BCUT2D eigenvalue weighted by atomic mass is 9.96. The first-order valence-electron chi connectivity index (χ1n) is 8.05. The topological polar surface area (TPSA) is 48.0 Å². The van der Waals surface area contributed by atoms with Crippen molar-refractivity contribution in [2.45, 2.75) is 18.1 Å². The van der Waals surface area contributed by atoms with E-state index in [9.17, 15) is 0 Å². The van der Waals surface area contributed by atoms with Crippen LogP contribution in [0.1, 0.15) is 23.2 Å². The minimum atomic E-state index is 0.00358. The fourth-order valence-corrected chi connectivity index (χ4v) is 3.19. The Morgan fingerprint density at radius 3 is 2.13 bits per heavy atom. The monoisotopic (exact) mass is 300 g/mol. The first-order valence-corrected chi connectivity index (χ1v) is 8.05. The van der Waals surface area contributed by atoms with E-state index in [2.05, 4.69) is 78.1 Å². The number of nitrogens with two attached hydrogens (primary N) is 1. The van der Waals surface area contributed by atoms with E-state index >= 15 is 0 Å². The number of nitrogens with one attached hydrogen (secondary N) is 1. The van der Waals surface area contributed by atoms with Crippen LogP contribution >= 0.6 is 0 Å². The van der Waals surface area contributed by atoms with Gasteiger partial charge in [0.05, 0.1) is 0 Å². The smallest absolute Gasteiger partial charge is 0.0498 e. The van der Waals surface area contributed by atoms with Gasteiger partial charge in [-0.2, -0.15) is 0 Å². The van der Waals surface area contributed by atoms with Gasteiger partial charge in [-0.05, 0) is 28.3 Å². The zero-order valence-electron chi connectivity index (χ0n) is 12.9. The Balaban J connectivity index is 1.55. The molecule has 3 aromatic rings. The fourth-order valence-electron chi connectivity index (χ4n) is 3.19. The zero-order chi connectivity index (χ0) is 15.6. The van der Waals surface area contributed by atoms with Gasteiger partial charge in [0, 0.05) is 18.1 Å². The number of benzene rings is 3. The normalized spacial score (nSPS) is 20.9. The van der Waals surface area contributed by atoms with Crippen molar-refractivity contribution in [2.24, 2.45) is 5.73 Å². The van der Waals surface area contributed by atoms with Gasteiger partial charge < -0.3 is 11.1 Å². The second-order valence-corrected chi connectivity index (χ2v) is 6.10. The minimum absolute atomic E-state index is 0.00358.